The topological polar surface area (TPSA) is 169 Å². The maximum atomic E-state index is 12.6. The van der Waals surface area contributed by atoms with Crippen LogP contribution in [0.4, 0.5) is 32.3 Å². The molecule has 0 aliphatic carbocycles. The van der Waals surface area contributed by atoms with Gasteiger partial charge in [0.25, 0.3) is 0 Å². The Bertz CT molecular complexity index is 1410. The van der Waals surface area contributed by atoms with E-state index in [9.17, 15) is 26.4 Å². The first-order valence-corrected chi connectivity index (χ1v) is 14.4. The van der Waals surface area contributed by atoms with Gasteiger partial charge in [0.2, 0.25) is 0 Å². The summed E-state index contributed by atoms with van der Waals surface area (Å²) in [6, 6.07) is 16.8. The lowest BCUT2D eigenvalue weighted by molar-refractivity contribution is 0.261. The van der Waals surface area contributed by atoms with E-state index in [4.69, 9.17) is 8.37 Å². The van der Waals surface area contributed by atoms with E-state index in [2.05, 4.69) is 21.3 Å². The Hall–Kier alpha value is -4.30. The average molecular weight is 563 g/mol. The molecule has 38 heavy (non-hydrogen) atoms. The number of urea groups is 2. The quantitative estimate of drug-likeness (QED) is 0.263. The summed E-state index contributed by atoms with van der Waals surface area (Å²) in [7, 11) is -7.45. The van der Waals surface area contributed by atoms with Gasteiger partial charge in [0.05, 0.1) is 22.9 Å². The molecule has 12 nitrogen and oxygen atoms in total. The average Bonchev–Trinajstić information content (AvgIpc) is 2.85. The summed E-state index contributed by atoms with van der Waals surface area (Å²) in [6.45, 7) is 2.89. The number of benzene rings is 3. The summed E-state index contributed by atoms with van der Waals surface area (Å²) in [5.74, 6) is -0.319. The van der Waals surface area contributed by atoms with Crippen LogP contribution in [0.1, 0.15) is 13.8 Å². The zero-order chi connectivity index (χ0) is 27.8. The highest BCUT2D eigenvalue weighted by atomic mass is 32.2. The van der Waals surface area contributed by atoms with Crippen molar-refractivity contribution in [2.45, 2.75) is 13.8 Å². The first-order valence-electron chi connectivity index (χ1n) is 11.3. The summed E-state index contributed by atoms with van der Waals surface area (Å²) >= 11 is 0. The van der Waals surface area contributed by atoms with Crippen LogP contribution in [0.5, 0.6) is 11.5 Å². The Kier molecular flexibility index (Phi) is 9.15. The van der Waals surface area contributed by atoms with Crippen LogP contribution in [0.3, 0.4) is 0 Å². The zero-order valence-electron chi connectivity index (χ0n) is 20.4. The van der Waals surface area contributed by atoms with Crippen LogP contribution in [-0.4, -0.2) is 40.4 Å². The molecule has 3 aromatic rings. The van der Waals surface area contributed by atoms with E-state index < -0.39 is 32.3 Å². The van der Waals surface area contributed by atoms with E-state index >= 15 is 0 Å². The van der Waals surface area contributed by atoms with E-state index in [1.54, 1.807) is 36.4 Å². The molecule has 202 valence electrons. The van der Waals surface area contributed by atoms with Crippen LogP contribution in [0, 0.1) is 0 Å². The van der Waals surface area contributed by atoms with Crippen LogP contribution in [0.25, 0.3) is 0 Å². The van der Waals surface area contributed by atoms with Gasteiger partial charge in [-0.25, -0.2) is 9.59 Å². The molecule has 0 bridgehead atoms. The number of para-hydroxylation sites is 2. The Morgan fingerprint density at radius 3 is 1.37 bits per heavy atom. The molecular weight excluding hydrogens is 536 g/mol. The number of carbonyl (C=O) groups excluding carboxylic acids is 2. The minimum Gasteiger partial charge on any atom is -0.382 e. The fraction of sp³-hybridized carbons (Fsp3) is 0.167. The number of hydrogen-bond donors (Lipinski definition) is 4. The molecule has 0 saturated heterocycles. The van der Waals surface area contributed by atoms with Gasteiger partial charge in [0.15, 0.2) is 0 Å². The predicted molar refractivity (Wildman–Crippen MR) is 145 cm³/mol. The number of anilines is 4. The first-order chi connectivity index (χ1) is 18.0. The summed E-state index contributed by atoms with van der Waals surface area (Å²) in [4.78, 5) is 25.1. The normalized spacial score (nSPS) is 11.2. The second-order valence-corrected chi connectivity index (χ2v) is 11.3. The summed E-state index contributed by atoms with van der Waals surface area (Å²) in [5.41, 5.74) is 1.10. The van der Waals surface area contributed by atoms with E-state index in [1.165, 1.54) is 50.2 Å². The Balaban J connectivity index is 1.64. The maximum Gasteiger partial charge on any atom is 0.323 e. The number of hydrogen-bond acceptors (Lipinski definition) is 8. The molecule has 0 aromatic heterocycles. The zero-order valence-corrected chi connectivity index (χ0v) is 22.1. The Morgan fingerprint density at radius 1 is 0.605 bits per heavy atom. The molecule has 0 spiro atoms. The van der Waals surface area contributed by atoms with Gasteiger partial charge in [-0.2, -0.15) is 16.8 Å². The van der Waals surface area contributed by atoms with Crippen molar-refractivity contribution in [3.63, 3.8) is 0 Å². The monoisotopic (exact) mass is 562 g/mol. The van der Waals surface area contributed by atoms with Crippen molar-refractivity contribution in [2.24, 2.45) is 0 Å². The number of rotatable bonds is 10. The van der Waals surface area contributed by atoms with Gasteiger partial charge in [-0.05, 0) is 50.2 Å². The lowest BCUT2D eigenvalue weighted by atomic mass is 10.2. The fourth-order valence-corrected chi connectivity index (χ4v) is 3.96. The summed E-state index contributed by atoms with van der Waals surface area (Å²) in [5, 5.41) is 10.4. The van der Waals surface area contributed by atoms with E-state index in [0.717, 1.165) is 0 Å². The summed E-state index contributed by atoms with van der Waals surface area (Å²) in [6.07, 6.45) is 0. The second-order valence-electron chi connectivity index (χ2n) is 7.62. The SMILES string of the molecule is CCS(=O)(=O)Oc1cccc(NC(=O)Nc2ccccc2NC(=O)Nc2cccc(OS(=O)(=O)CC)c2)c1. The number of nitrogens with one attached hydrogen (secondary N) is 4. The molecule has 4 amide bonds. The van der Waals surface area contributed by atoms with Crippen LogP contribution in [0.2, 0.25) is 0 Å². The highest BCUT2D eigenvalue weighted by Crippen LogP contribution is 2.24. The number of carbonyl (C=O) groups is 2. The minimum atomic E-state index is -3.73. The Labute approximate surface area is 220 Å². The molecule has 0 unspecified atom stereocenters. The third-order valence-corrected chi connectivity index (χ3v) is 7.07. The van der Waals surface area contributed by atoms with Crippen molar-refractivity contribution < 1.29 is 34.8 Å². The van der Waals surface area contributed by atoms with Crippen LogP contribution < -0.4 is 29.6 Å². The van der Waals surface area contributed by atoms with E-state index in [0.29, 0.717) is 0 Å². The lowest BCUT2D eigenvalue weighted by Gasteiger charge is -2.14. The maximum absolute atomic E-state index is 12.6. The smallest absolute Gasteiger partial charge is 0.323 e. The third-order valence-electron chi connectivity index (χ3n) is 4.76. The first kappa shape index (κ1) is 28.3. The van der Waals surface area contributed by atoms with Crippen molar-refractivity contribution in [3.8, 4) is 11.5 Å². The van der Waals surface area contributed by atoms with Gasteiger partial charge in [-0.3, -0.25) is 0 Å². The molecule has 0 heterocycles. The second kappa shape index (κ2) is 12.3. The van der Waals surface area contributed by atoms with Crippen LogP contribution in [0.15, 0.2) is 72.8 Å². The third kappa shape index (κ3) is 8.67. The van der Waals surface area contributed by atoms with Gasteiger partial charge < -0.3 is 29.6 Å². The molecule has 4 N–H and O–H groups in total. The predicted octanol–water partition coefficient (Wildman–Crippen LogP) is 4.43. The van der Waals surface area contributed by atoms with E-state index in [-0.39, 0.29) is 45.8 Å². The molecule has 0 fully saturated rings. The number of amides is 4. The Morgan fingerprint density at radius 2 is 1.00 bits per heavy atom. The van der Waals surface area contributed by atoms with Crippen molar-refractivity contribution in [1.29, 1.82) is 0 Å². The van der Waals surface area contributed by atoms with E-state index in [1.807, 2.05) is 0 Å². The molecular formula is C24H26N4O8S2. The highest BCUT2D eigenvalue weighted by molar-refractivity contribution is 7.87. The van der Waals surface area contributed by atoms with Crippen molar-refractivity contribution >= 4 is 55.0 Å². The molecule has 0 aliphatic rings. The molecule has 0 aliphatic heterocycles. The van der Waals surface area contributed by atoms with Gasteiger partial charge in [0, 0.05) is 23.5 Å². The van der Waals surface area contributed by atoms with Crippen LogP contribution in [-0.2, 0) is 20.2 Å². The highest BCUT2D eigenvalue weighted by Gasteiger charge is 2.13. The summed E-state index contributed by atoms with van der Waals surface area (Å²) < 4.78 is 56.6. The van der Waals surface area contributed by atoms with Crippen molar-refractivity contribution in [1.82, 2.24) is 0 Å². The van der Waals surface area contributed by atoms with Gasteiger partial charge in [-0.1, -0.05) is 24.3 Å². The lowest BCUT2D eigenvalue weighted by Crippen LogP contribution is -2.23. The fourth-order valence-electron chi connectivity index (χ4n) is 2.93. The van der Waals surface area contributed by atoms with Crippen LogP contribution >= 0.6 is 0 Å². The molecule has 0 saturated carbocycles. The van der Waals surface area contributed by atoms with Crippen molar-refractivity contribution in [3.05, 3.63) is 72.8 Å². The van der Waals surface area contributed by atoms with Gasteiger partial charge in [0.1, 0.15) is 11.5 Å². The molecule has 0 atom stereocenters. The molecule has 0 radical (unpaired) electrons. The largest absolute Gasteiger partial charge is 0.382 e. The van der Waals surface area contributed by atoms with Crippen molar-refractivity contribution in [2.75, 3.05) is 32.8 Å². The van der Waals surface area contributed by atoms with Gasteiger partial charge >= 0.3 is 32.3 Å². The minimum absolute atomic E-state index is 0.0464. The molecule has 14 heteroatoms. The molecule has 3 rings (SSSR count). The standard InChI is InChI=1S/C24H26N4O8S2/c1-3-37(31,32)35-19-11-7-9-17(15-19)25-23(29)27-21-13-5-6-14-22(21)28-24(30)26-18-10-8-12-20(16-18)36-38(33,34)4-2/h5-16H,3-4H2,1-2H3,(H2,25,27,29)(H2,26,28,30). The molecule has 3 aromatic carbocycles. The van der Waals surface area contributed by atoms with Gasteiger partial charge in [-0.15, -0.1) is 0 Å².